The van der Waals surface area contributed by atoms with Gasteiger partial charge in [0.2, 0.25) is 5.91 Å². The number of hydrogen-bond donors (Lipinski definition) is 2. The number of benzene rings is 2. The third-order valence-electron chi connectivity index (χ3n) is 4.68. The van der Waals surface area contributed by atoms with Crippen LogP contribution >= 0.6 is 11.3 Å². The van der Waals surface area contributed by atoms with Crippen LogP contribution in [0.4, 0.5) is 5.13 Å². The molecule has 0 atom stereocenters. The van der Waals surface area contributed by atoms with E-state index in [0.717, 1.165) is 33.7 Å². The number of aromatic amines is 1. The molecular weight excluding hydrogens is 370 g/mol. The summed E-state index contributed by atoms with van der Waals surface area (Å²) in [5.74, 6) is 0.732. The maximum Gasteiger partial charge on any atom is 0.226 e. The van der Waals surface area contributed by atoms with Gasteiger partial charge in [-0.1, -0.05) is 29.8 Å². The van der Waals surface area contributed by atoms with Gasteiger partial charge in [0.25, 0.3) is 0 Å². The molecule has 4 rings (SSSR count). The number of para-hydroxylation sites is 1. The van der Waals surface area contributed by atoms with E-state index in [2.05, 4.69) is 21.4 Å². The van der Waals surface area contributed by atoms with E-state index >= 15 is 0 Å². The van der Waals surface area contributed by atoms with Gasteiger partial charge < -0.3 is 15.0 Å². The zero-order valence-corrected chi connectivity index (χ0v) is 16.6. The number of carbonyl (C=O) groups excluding carboxylic acids is 1. The SMILES string of the molecule is COc1ccc(C)cc1-c1csc(NC(=O)CCc2c[nH]c3ccccc23)n1. The first-order valence-electron chi connectivity index (χ1n) is 9.09. The summed E-state index contributed by atoms with van der Waals surface area (Å²) in [5, 5.41) is 6.61. The van der Waals surface area contributed by atoms with Crippen molar-refractivity contribution in [2.75, 3.05) is 12.4 Å². The molecule has 0 aliphatic heterocycles. The summed E-state index contributed by atoms with van der Waals surface area (Å²) in [6, 6.07) is 14.1. The van der Waals surface area contributed by atoms with Crippen LogP contribution < -0.4 is 10.1 Å². The Bertz CT molecular complexity index is 1130. The van der Waals surface area contributed by atoms with Crippen molar-refractivity contribution in [2.24, 2.45) is 0 Å². The van der Waals surface area contributed by atoms with E-state index < -0.39 is 0 Å². The molecule has 0 spiro atoms. The second-order valence-corrected chi connectivity index (χ2v) is 7.51. The van der Waals surface area contributed by atoms with Crippen LogP contribution in [-0.2, 0) is 11.2 Å². The molecule has 0 bridgehead atoms. The normalized spacial score (nSPS) is 10.9. The smallest absolute Gasteiger partial charge is 0.226 e. The van der Waals surface area contributed by atoms with Gasteiger partial charge in [0.05, 0.1) is 12.8 Å². The van der Waals surface area contributed by atoms with Gasteiger partial charge in [-0.15, -0.1) is 11.3 Å². The largest absolute Gasteiger partial charge is 0.496 e. The highest BCUT2D eigenvalue weighted by Gasteiger charge is 2.13. The van der Waals surface area contributed by atoms with Crippen LogP contribution in [0.3, 0.4) is 0 Å². The minimum absolute atomic E-state index is 0.0395. The first-order chi connectivity index (χ1) is 13.6. The molecule has 2 N–H and O–H groups in total. The number of nitrogens with one attached hydrogen (secondary N) is 2. The Morgan fingerprint density at radius 1 is 1.25 bits per heavy atom. The zero-order valence-electron chi connectivity index (χ0n) is 15.8. The van der Waals surface area contributed by atoms with Crippen molar-refractivity contribution in [3.8, 4) is 17.0 Å². The van der Waals surface area contributed by atoms with E-state index in [4.69, 9.17) is 4.74 Å². The number of methoxy groups -OCH3 is 1. The standard InChI is InChI=1S/C22H21N3O2S/c1-14-7-9-20(27-2)17(11-14)19-13-28-22(24-19)25-21(26)10-8-15-12-23-18-6-4-3-5-16(15)18/h3-7,9,11-13,23H,8,10H2,1-2H3,(H,24,25,26). The summed E-state index contributed by atoms with van der Waals surface area (Å²) in [6.07, 6.45) is 3.06. The molecule has 5 nitrogen and oxygen atoms in total. The number of H-pyrrole nitrogens is 1. The average molecular weight is 391 g/mol. The molecule has 28 heavy (non-hydrogen) atoms. The van der Waals surface area contributed by atoms with E-state index in [-0.39, 0.29) is 5.91 Å². The van der Waals surface area contributed by atoms with Crippen molar-refractivity contribution in [1.29, 1.82) is 0 Å². The number of amides is 1. The lowest BCUT2D eigenvalue weighted by molar-refractivity contribution is -0.116. The first kappa shape index (κ1) is 18.3. The molecule has 0 aliphatic carbocycles. The van der Waals surface area contributed by atoms with Crippen LogP contribution in [0.5, 0.6) is 5.75 Å². The summed E-state index contributed by atoms with van der Waals surface area (Å²) in [4.78, 5) is 20.2. The number of hydrogen-bond acceptors (Lipinski definition) is 4. The highest BCUT2D eigenvalue weighted by molar-refractivity contribution is 7.14. The number of nitrogens with zero attached hydrogens (tertiary/aromatic N) is 1. The number of anilines is 1. The fourth-order valence-corrected chi connectivity index (χ4v) is 3.97. The van der Waals surface area contributed by atoms with Crippen molar-refractivity contribution in [3.63, 3.8) is 0 Å². The van der Waals surface area contributed by atoms with E-state index in [1.54, 1.807) is 7.11 Å². The Hall–Kier alpha value is -3.12. The molecular formula is C22H21N3O2S. The Morgan fingerprint density at radius 2 is 2.11 bits per heavy atom. The van der Waals surface area contributed by atoms with Crippen LogP contribution in [-0.4, -0.2) is 23.0 Å². The number of thiazole rings is 1. The highest BCUT2D eigenvalue weighted by atomic mass is 32.1. The van der Waals surface area contributed by atoms with Crippen molar-refractivity contribution < 1.29 is 9.53 Å². The molecule has 6 heteroatoms. The molecule has 2 aromatic heterocycles. The lowest BCUT2D eigenvalue weighted by atomic mass is 10.1. The number of fused-ring (bicyclic) bond motifs is 1. The second kappa shape index (κ2) is 7.86. The minimum Gasteiger partial charge on any atom is -0.496 e. The topological polar surface area (TPSA) is 67.0 Å². The van der Waals surface area contributed by atoms with Crippen LogP contribution in [0.2, 0.25) is 0 Å². The van der Waals surface area contributed by atoms with Gasteiger partial charge in [-0.2, -0.15) is 0 Å². The molecule has 1 amide bonds. The second-order valence-electron chi connectivity index (χ2n) is 6.65. The number of aryl methyl sites for hydroxylation is 2. The zero-order chi connectivity index (χ0) is 19.5. The third kappa shape index (κ3) is 3.77. The van der Waals surface area contributed by atoms with Crippen LogP contribution in [0.1, 0.15) is 17.5 Å². The molecule has 2 heterocycles. The minimum atomic E-state index is -0.0395. The van der Waals surface area contributed by atoms with Crippen LogP contribution in [0.25, 0.3) is 22.2 Å². The van der Waals surface area contributed by atoms with E-state index in [9.17, 15) is 4.79 Å². The quantitative estimate of drug-likeness (QED) is 0.476. The van der Waals surface area contributed by atoms with Gasteiger partial charge in [0.1, 0.15) is 5.75 Å². The summed E-state index contributed by atoms with van der Waals surface area (Å²) < 4.78 is 5.43. The molecule has 0 saturated carbocycles. The predicted octanol–water partition coefficient (Wildman–Crippen LogP) is 5.18. The van der Waals surface area contributed by atoms with Gasteiger partial charge in [0.15, 0.2) is 5.13 Å². The monoisotopic (exact) mass is 391 g/mol. The highest BCUT2D eigenvalue weighted by Crippen LogP contribution is 2.33. The Labute approximate surface area is 167 Å². The molecule has 0 radical (unpaired) electrons. The van der Waals surface area contributed by atoms with Gasteiger partial charge in [0, 0.05) is 34.5 Å². The summed E-state index contributed by atoms with van der Waals surface area (Å²) in [6.45, 7) is 2.03. The maximum atomic E-state index is 12.4. The average Bonchev–Trinajstić information content (AvgIpc) is 3.33. The fourth-order valence-electron chi connectivity index (χ4n) is 3.25. The summed E-state index contributed by atoms with van der Waals surface area (Å²) in [7, 11) is 1.65. The molecule has 2 aromatic carbocycles. The lowest BCUT2D eigenvalue weighted by Gasteiger charge is -2.07. The van der Waals surface area contributed by atoms with Crippen LogP contribution in [0, 0.1) is 6.92 Å². The Morgan fingerprint density at radius 3 is 2.96 bits per heavy atom. The molecule has 4 aromatic rings. The predicted molar refractivity (Wildman–Crippen MR) is 114 cm³/mol. The van der Waals surface area contributed by atoms with Crippen molar-refractivity contribution in [1.82, 2.24) is 9.97 Å². The maximum absolute atomic E-state index is 12.4. The van der Waals surface area contributed by atoms with Crippen molar-refractivity contribution in [2.45, 2.75) is 19.8 Å². The Balaban J connectivity index is 1.42. The molecule has 0 fully saturated rings. The Kier molecular flexibility index (Phi) is 5.12. The molecule has 0 saturated heterocycles. The van der Waals surface area contributed by atoms with E-state index in [0.29, 0.717) is 18.0 Å². The number of rotatable bonds is 6. The molecule has 0 aliphatic rings. The number of carbonyl (C=O) groups is 1. The summed E-state index contributed by atoms with van der Waals surface area (Å²) >= 11 is 1.42. The van der Waals surface area contributed by atoms with E-state index in [1.165, 1.54) is 16.7 Å². The lowest BCUT2D eigenvalue weighted by Crippen LogP contribution is -2.12. The summed E-state index contributed by atoms with van der Waals surface area (Å²) in [5.41, 5.74) is 5.10. The number of ether oxygens (including phenoxy) is 1. The van der Waals surface area contributed by atoms with E-state index in [1.807, 2.05) is 54.9 Å². The van der Waals surface area contributed by atoms with Crippen molar-refractivity contribution in [3.05, 3.63) is 65.2 Å². The van der Waals surface area contributed by atoms with Crippen molar-refractivity contribution >= 4 is 33.3 Å². The van der Waals surface area contributed by atoms with Gasteiger partial charge in [-0.3, -0.25) is 4.79 Å². The molecule has 142 valence electrons. The third-order valence-corrected chi connectivity index (χ3v) is 5.44. The van der Waals surface area contributed by atoms with Gasteiger partial charge in [-0.05, 0) is 37.1 Å². The van der Waals surface area contributed by atoms with Gasteiger partial charge in [-0.25, -0.2) is 4.98 Å². The molecule has 0 unspecified atom stereocenters. The number of aromatic nitrogens is 2. The first-order valence-corrected chi connectivity index (χ1v) is 9.97. The van der Waals surface area contributed by atoms with Crippen LogP contribution in [0.15, 0.2) is 54.0 Å². The van der Waals surface area contributed by atoms with Gasteiger partial charge >= 0.3 is 0 Å². The fraction of sp³-hybridized carbons (Fsp3) is 0.182.